The number of pyridine rings is 1. The number of hydrogen-bond acceptors (Lipinski definition) is 11. The minimum Gasteiger partial charge on any atom is -0.495 e. The van der Waals surface area contributed by atoms with E-state index < -0.39 is 47.6 Å². The summed E-state index contributed by atoms with van der Waals surface area (Å²) in [5.74, 6) is -2.06. The number of amides is 4. The number of methoxy groups -OCH3 is 1. The number of hydrogen-bond donors (Lipinski definition) is 4. The van der Waals surface area contributed by atoms with E-state index >= 15 is 0 Å². The van der Waals surface area contributed by atoms with Gasteiger partial charge in [-0.2, -0.15) is 0 Å². The number of carbonyl (C=O) groups is 5. The molecule has 2 aliphatic carbocycles. The molecule has 0 bridgehead atoms. The molecular formula is C41H49BrN6O9S. The van der Waals surface area contributed by atoms with E-state index in [-0.39, 0.29) is 43.2 Å². The van der Waals surface area contributed by atoms with Gasteiger partial charge in [0.1, 0.15) is 47.0 Å². The molecule has 17 heteroatoms. The molecule has 15 nitrogen and oxygen atoms in total. The lowest BCUT2D eigenvalue weighted by Crippen LogP contribution is -2.56. The van der Waals surface area contributed by atoms with E-state index in [1.807, 2.05) is 12.2 Å². The van der Waals surface area contributed by atoms with Gasteiger partial charge in [-0.1, -0.05) is 38.8 Å². The highest BCUT2D eigenvalue weighted by molar-refractivity contribution is 9.10. The lowest BCUT2D eigenvalue weighted by Gasteiger charge is -2.29. The summed E-state index contributed by atoms with van der Waals surface area (Å²) in [7, 11) is 1.55. The van der Waals surface area contributed by atoms with Crippen molar-refractivity contribution < 1.29 is 43.3 Å². The van der Waals surface area contributed by atoms with Gasteiger partial charge in [0.05, 0.1) is 29.3 Å². The van der Waals surface area contributed by atoms with E-state index in [1.165, 1.54) is 16.2 Å². The maximum absolute atomic E-state index is 14.6. The van der Waals surface area contributed by atoms with Crippen molar-refractivity contribution >= 4 is 73.1 Å². The minimum absolute atomic E-state index is 0.0191. The molecule has 1 aromatic carbocycles. The third-order valence-electron chi connectivity index (χ3n) is 11.4. The van der Waals surface area contributed by atoms with Crippen LogP contribution >= 0.6 is 27.3 Å². The first-order valence-corrected chi connectivity index (χ1v) is 21.6. The molecule has 2 aliphatic heterocycles. The summed E-state index contributed by atoms with van der Waals surface area (Å²) in [6.45, 7) is 3.57. The number of anilines is 1. The zero-order valence-electron chi connectivity index (χ0n) is 32.8. The Morgan fingerprint density at radius 3 is 2.55 bits per heavy atom. The molecular weight excluding hydrogens is 832 g/mol. The van der Waals surface area contributed by atoms with Crippen molar-refractivity contribution in [2.24, 2.45) is 11.8 Å². The van der Waals surface area contributed by atoms with Crippen LogP contribution in [-0.4, -0.2) is 93.2 Å². The number of benzene rings is 1. The van der Waals surface area contributed by atoms with Crippen molar-refractivity contribution in [1.29, 1.82) is 0 Å². The Bertz CT molecular complexity index is 2100. The monoisotopic (exact) mass is 880 g/mol. The lowest BCUT2D eigenvalue weighted by atomic mass is 10.0. The average Bonchev–Trinajstić information content (AvgIpc) is 3.62. The standard InChI is InChI=1S/C41H49BrN6O9S/c1-22(2)35(49)46-39-44-29(21-58-39)28-18-32(26-15-16-31(55-3)33(42)34(26)43-28)56-25-17-30-36(50)47-41(38(52)53)19-23(41)11-7-5-4-6-8-14-27(37(51)48(30)20-25)45-40(54)57-24-12-9-10-13-24/h7,11,15-16,18,21-25,27,30H,4-6,8-10,12-14,17,19-20H2,1-3H3,(H,45,54)(H,47,50)(H,52,53)(H,44,46,49)/b11-7-/t23-,25+,27+,30-,41+/m0/s1. The summed E-state index contributed by atoms with van der Waals surface area (Å²) >= 11 is 4.89. The number of aromatic nitrogens is 2. The Balaban J connectivity index is 1.21. The van der Waals surface area contributed by atoms with Crippen molar-refractivity contribution in [3.05, 3.63) is 40.2 Å². The van der Waals surface area contributed by atoms with Crippen molar-refractivity contribution in [3.63, 3.8) is 0 Å². The van der Waals surface area contributed by atoms with Crippen molar-refractivity contribution in [3.8, 4) is 22.9 Å². The van der Waals surface area contributed by atoms with E-state index in [0.717, 1.165) is 44.9 Å². The molecule has 310 valence electrons. The van der Waals surface area contributed by atoms with Gasteiger partial charge in [-0.25, -0.2) is 19.6 Å². The summed E-state index contributed by atoms with van der Waals surface area (Å²) in [5.41, 5.74) is -0.0342. The summed E-state index contributed by atoms with van der Waals surface area (Å²) in [5, 5.41) is 21.5. The molecule has 2 aromatic heterocycles. The number of halogens is 1. The Kier molecular flexibility index (Phi) is 12.6. The Labute approximate surface area is 348 Å². The first kappa shape index (κ1) is 41.4. The van der Waals surface area contributed by atoms with Crippen LogP contribution in [0.2, 0.25) is 0 Å². The third-order valence-corrected chi connectivity index (χ3v) is 12.9. The van der Waals surface area contributed by atoms with Gasteiger partial charge in [-0.15, -0.1) is 11.3 Å². The van der Waals surface area contributed by atoms with E-state index in [2.05, 4.69) is 36.9 Å². The first-order valence-electron chi connectivity index (χ1n) is 20.0. The number of alkyl carbamates (subject to hydrolysis) is 1. The predicted octanol–water partition coefficient (Wildman–Crippen LogP) is 6.59. The van der Waals surface area contributed by atoms with E-state index in [0.29, 0.717) is 56.2 Å². The lowest BCUT2D eigenvalue weighted by molar-refractivity contribution is -0.145. The molecule has 2 saturated carbocycles. The molecule has 4 heterocycles. The van der Waals surface area contributed by atoms with E-state index in [9.17, 15) is 29.1 Å². The number of ether oxygens (including phenoxy) is 3. The second-order valence-corrected chi connectivity index (χ2v) is 17.4. The Morgan fingerprint density at radius 2 is 1.81 bits per heavy atom. The number of aliphatic carboxylic acids is 1. The van der Waals surface area contributed by atoms with Gasteiger partial charge in [0, 0.05) is 35.1 Å². The largest absolute Gasteiger partial charge is 0.495 e. The topological polar surface area (TPSA) is 198 Å². The van der Waals surface area contributed by atoms with Gasteiger partial charge in [-0.3, -0.25) is 14.4 Å². The van der Waals surface area contributed by atoms with Crippen molar-refractivity contribution in [1.82, 2.24) is 25.5 Å². The summed E-state index contributed by atoms with van der Waals surface area (Å²) in [6.07, 6.45) is 9.32. The van der Waals surface area contributed by atoms with Crippen LogP contribution in [0, 0.1) is 11.8 Å². The van der Waals surface area contributed by atoms with Gasteiger partial charge in [0.2, 0.25) is 17.7 Å². The second-order valence-electron chi connectivity index (χ2n) is 15.8. The number of nitrogens with one attached hydrogen (secondary N) is 3. The number of rotatable bonds is 9. The van der Waals surface area contributed by atoms with Crippen LogP contribution < -0.4 is 25.4 Å². The Morgan fingerprint density at radius 1 is 1.03 bits per heavy atom. The zero-order valence-corrected chi connectivity index (χ0v) is 35.2. The molecule has 4 amide bonds. The van der Waals surface area contributed by atoms with Gasteiger partial charge >= 0.3 is 12.1 Å². The second kappa shape index (κ2) is 17.6. The van der Waals surface area contributed by atoms with Crippen LogP contribution in [-0.2, 0) is 23.9 Å². The molecule has 1 saturated heterocycles. The molecule has 0 spiro atoms. The van der Waals surface area contributed by atoms with E-state index in [4.69, 9.17) is 19.2 Å². The fourth-order valence-corrected chi connectivity index (χ4v) is 9.26. The van der Waals surface area contributed by atoms with Crippen LogP contribution in [0.15, 0.2) is 40.2 Å². The first-order chi connectivity index (χ1) is 27.9. The predicted molar refractivity (Wildman–Crippen MR) is 220 cm³/mol. The number of carbonyl (C=O) groups excluding carboxylic acids is 4. The minimum atomic E-state index is -1.48. The summed E-state index contributed by atoms with van der Waals surface area (Å²) in [6, 6.07) is 3.24. The highest BCUT2D eigenvalue weighted by atomic mass is 79.9. The average molecular weight is 882 g/mol. The molecule has 4 aliphatic rings. The number of allylic oxidation sites excluding steroid dienone is 1. The van der Waals surface area contributed by atoms with Gasteiger partial charge in [-0.05, 0) is 79.4 Å². The van der Waals surface area contributed by atoms with Gasteiger partial charge in [0.25, 0.3) is 0 Å². The van der Waals surface area contributed by atoms with Crippen molar-refractivity contribution in [2.75, 3.05) is 19.0 Å². The smallest absolute Gasteiger partial charge is 0.408 e. The van der Waals surface area contributed by atoms with Crippen LogP contribution in [0.25, 0.3) is 22.3 Å². The fraction of sp³-hybridized carbons (Fsp3) is 0.537. The molecule has 0 radical (unpaired) electrons. The molecule has 0 unspecified atom stereocenters. The molecule has 3 fully saturated rings. The normalized spacial score (nSPS) is 25.8. The van der Waals surface area contributed by atoms with Crippen LogP contribution in [0.4, 0.5) is 9.93 Å². The van der Waals surface area contributed by atoms with E-state index in [1.54, 1.807) is 44.5 Å². The van der Waals surface area contributed by atoms with Crippen LogP contribution in [0.3, 0.4) is 0 Å². The molecule has 3 aromatic rings. The number of fused-ring (bicyclic) bond motifs is 3. The Hall–Kier alpha value is -4.77. The van der Waals surface area contributed by atoms with Crippen LogP contribution in [0.5, 0.6) is 11.5 Å². The molecule has 58 heavy (non-hydrogen) atoms. The van der Waals surface area contributed by atoms with Crippen molar-refractivity contribution in [2.45, 2.75) is 114 Å². The molecule has 7 rings (SSSR count). The number of carboxylic acid groups (broad SMARTS) is 1. The van der Waals surface area contributed by atoms with Gasteiger partial charge in [0.15, 0.2) is 5.13 Å². The summed E-state index contributed by atoms with van der Waals surface area (Å²) < 4.78 is 18.5. The molecule has 4 N–H and O–H groups in total. The number of nitrogens with zero attached hydrogens (tertiary/aromatic N) is 3. The third kappa shape index (κ3) is 8.94. The molecule has 5 atom stereocenters. The zero-order chi connectivity index (χ0) is 41.1. The maximum atomic E-state index is 14.6. The highest BCUT2D eigenvalue weighted by Crippen LogP contribution is 2.46. The highest BCUT2D eigenvalue weighted by Gasteiger charge is 2.61. The SMILES string of the molecule is COc1ccc2c(O[C@@H]3C[C@H]4C(=O)N[C@]5(C(=O)O)C[C@@H]5/C=C\CCCCC[C@@H](NC(=O)OC5CCCC5)C(=O)N4C3)cc(-c3csc(NC(=O)C(C)C)n3)nc2c1Br. The van der Waals surface area contributed by atoms with Crippen LogP contribution in [0.1, 0.15) is 84.5 Å². The summed E-state index contributed by atoms with van der Waals surface area (Å²) in [4.78, 5) is 77.9. The number of thiazole rings is 1. The quantitative estimate of drug-likeness (QED) is 0.169. The fourth-order valence-electron chi connectivity index (χ4n) is 7.95. The van der Waals surface area contributed by atoms with Gasteiger partial charge < -0.3 is 40.2 Å². The maximum Gasteiger partial charge on any atom is 0.408 e. The number of carboxylic acids is 1.